The van der Waals surface area contributed by atoms with Crippen LogP contribution in [-0.4, -0.2) is 18.0 Å². The number of carbonyl (C=O) groups excluding carboxylic acids is 1. The van der Waals surface area contributed by atoms with E-state index in [1.54, 1.807) is 13.0 Å². The SMILES string of the molecule is CCOC(C)(CC)C(=O)c1cccc(F)c1. The summed E-state index contributed by atoms with van der Waals surface area (Å²) < 4.78 is 18.5. The molecule has 0 fully saturated rings. The van der Waals surface area contributed by atoms with E-state index in [0.29, 0.717) is 18.6 Å². The first-order valence-corrected chi connectivity index (χ1v) is 5.48. The van der Waals surface area contributed by atoms with E-state index in [0.717, 1.165) is 0 Å². The Balaban J connectivity index is 3.00. The molecule has 0 aliphatic rings. The molecule has 0 radical (unpaired) electrons. The fourth-order valence-electron chi connectivity index (χ4n) is 1.58. The Morgan fingerprint density at radius 3 is 2.62 bits per heavy atom. The smallest absolute Gasteiger partial charge is 0.194 e. The number of benzene rings is 1. The topological polar surface area (TPSA) is 26.3 Å². The normalized spacial score (nSPS) is 14.5. The number of halogens is 1. The zero-order valence-electron chi connectivity index (χ0n) is 9.92. The van der Waals surface area contributed by atoms with Gasteiger partial charge in [-0.3, -0.25) is 4.79 Å². The van der Waals surface area contributed by atoms with Crippen LogP contribution in [0.5, 0.6) is 0 Å². The molecule has 1 aromatic rings. The van der Waals surface area contributed by atoms with E-state index in [-0.39, 0.29) is 5.78 Å². The van der Waals surface area contributed by atoms with Crippen LogP contribution in [0.2, 0.25) is 0 Å². The van der Waals surface area contributed by atoms with Crippen LogP contribution in [0.25, 0.3) is 0 Å². The van der Waals surface area contributed by atoms with Crippen molar-refractivity contribution >= 4 is 5.78 Å². The predicted molar refractivity (Wildman–Crippen MR) is 61.1 cm³/mol. The van der Waals surface area contributed by atoms with Crippen LogP contribution in [0.4, 0.5) is 4.39 Å². The molecule has 1 atom stereocenters. The quantitative estimate of drug-likeness (QED) is 0.718. The number of hydrogen-bond donors (Lipinski definition) is 0. The Kier molecular flexibility index (Phi) is 4.19. The predicted octanol–water partition coefficient (Wildman–Crippen LogP) is 3.21. The van der Waals surface area contributed by atoms with Gasteiger partial charge in [0.15, 0.2) is 5.78 Å². The molecule has 0 spiro atoms. The maximum atomic E-state index is 13.0. The summed E-state index contributed by atoms with van der Waals surface area (Å²) in [5.41, 5.74) is -0.500. The van der Waals surface area contributed by atoms with Gasteiger partial charge >= 0.3 is 0 Å². The number of rotatable bonds is 5. The molecule has 0 saturated heterocycles. The van der Waals surface area contributed by atoms with Gasteiger partial charge in [0.2, 0.25) is 0 Å². The summed E-state index contributed by atoms with van der Waals surface area (Å²) in [5, 5.41) is 0. The summed E-state index contributed by atoms with van der Waals surface area (Å²) in [5.74, 6) is -0.572. The zero-order chi connectivity index (χ0) is 12.2. The van der Waals surface area contributed by atoms with Gasteiger partial charge in [-0.05, 0) is 32.4 Å². The number of Topliss-reactive ketones (excluding diaryl/α,β-unsaturated/α-hetero) is 1. The van der Waals surface area contributed by atoms with E-state index in [4.69, 9.17) is 4.74 Å². The Morgan fingerprint density at radius 1 is 1.44 bits per heavy atom. The van der Waals surface area contributed by atoms with Crippen LogP contribution in [0.1, 0.15) is 37.6 Å². The fourth-order valence-corrected chi connectivity index (χ4v) is 1.58. The maximum absolute atomic E-state index is 13.0. The van der Waals surface area contributed by atoms with Gasteiger partial charge in [-0.2, -0.15) is 0 Å². The average molecular weight is 224 g/mol. The second kappa shape index (κ2) is 5.21. The van der Waals surface area contributed by atoms with Gasteiger partial charge in [0, 0.05) is 12.2 Å². The van der Waals surface area contributed by atoms with Crippen molar-refractivity contribution in [2.24, 2.45) is 0 Å². The molecule has 0 amide bonds. The maximum Gasteiger partial charge on any atom is 0.194 e. The molecule has 0 aliphatic heterocycles. The van der Waals surface area contributed by atoms with Crippen molar-refractivity contribution in [1.82, 2.24) is 0 Å². The van der Waals surface area contributed by atoms with Crippen molar-refractivity contribution in [1.29, 1.82) is 0 Å². The van der Waals surface area contributed by atoms with Gasteiger partial charge in [0.05, 0.1) is 0 Å². The van der Waals surface area contributed by atoms with E-state index in [2.05, 4.69) is 0 Å². The lowest BCUT2D eigenvalue weighted by Gasteiger charge is -2.26. The van der Waals surface area contributed by atoms with Crippen molar-refractivity contribution < 1.29 is 13.9 Å². The highest BCUT2D eigenvalue weighted by molar-refractivity contribution is 6.02. The van der Waals surface area contributed by atoms with Crippen molar-refractivity contribution in [3.63, 3.8) is 0 Å². The Hall–Kier alpha value is -1.22. The van der Waals surface area contributed by atoms with E-state index in [1.165, 1.54) is 18.2 Å². The number of ketones is 1. The Morgan fingerprint density at radius 2 is 2.12 bits per heavy atom. The standard InChI is InChI=1S/C13H17FO2/c1-4-13(3,16-5-2)12(15)10-7-6-8-11(14)9-10/h6-9H,4-5H2,1-3H3. The Bertz CT molecular complexity index is 376. The third-order valence-corrected chi connectivity index (χ3v) is 2.70. The summed E-state index contributed by atoms with van der Waals surface area (Å²) in [6.45, 7) is 5.93. The Labute approximate surface area is 95.4 Å². The largest absolute Gasteiger partial charge is 0.367 e. The molecule has 0 aliphatic carbocycles. The zero-order valence-corrected chi connectivity index (χ0v) is 9.92. The minimum Gasteiger partial charge on any atom is -0.367 e. The number of carbonyl (C=O) groups is 1. The third kappa shape index (κ3) is 2.67. The molecule has 1 unspecified atom stereocenters. The van der Waals surface area contributed by atoms with Crippen LogP contribution in [0, 0.1) is 5.82 Å². The van der Waals surface area contributed by atoms with Gasteiger partial charge in [-0.25, -0.2) is 4.39 Å². The first-order valence-electron chi connectivity index (χ1n) is 5.48. The molecule has 88 valence electrons. The van der Waals surface area contributed by atoms with Crippen LogP contribution in [0.15, 0.2) is 24.3 Å². The van der Waals surface area contributed by atoms with Crippen LogP contribution in [-0.2, 0) is 4.74 Å². The lowest BCUT2D eigenvalue weighted by molar-refractivity contribution is -0.0116. The monoisotopic (exact) mass is 224 g/mol. The highest BCUT2D eigenvalue weighted by Crippen LogP contribution is 2.21. The van der Waals surface area contributed by atoms with Crippen molar-refractivity contribution in [2.75, 3.05) is 6.61 Å². The summed E-state index contributed by atoms with van der Waals surface area (Å²) >= 11 is 0. The van der Waals surface area contributed by atoms with Gasteiger partial charge in [-0.1, -0.05) is 19.1 Å². The first-order chi connectivity index (χ1) is 7.53. The summed E-state index contributed by atoms with van der Waals surface area (Å²) in [6.07, 6.45) is 0.566. The van der Waals surface area contributed by atoms with Crippen LogP contribution in [0.3, 0.4) is 0 Å². The van der Waals surface area contributed by atoms with Gasteiger partial charge < -0.3 is 4.74 Å². The summed E-state index contributed by atoms with van der Waals surface area (Å²) in [7, 11) is 0. The minimum atomic E-state index is -0.859. The van der Waals surface area contributed by atoms with E-state index < -0.39 is 11.4 Å². The molecule has 16 heavy (non-hydrogen) atoms. The van der Waals surface area contributed by atoms with Crippen LogP contribution >= 0.6 is 0 Å². The molecule has 0 saturated carbocycles. The van der Waals surface area contributed by atoms with Gasteiger partial charge in [0.25, 0.3) is 0 Å². The second-order valence-corrected chi connectivity index (χ2v) is 3.86. The van der Waals surface area contributed by atoms with Crippen molar-refractivity contribution in [2.45, 2.75) is 32.8 Å². The minimum absolute atomic E-state index is 0.170. The van der Waals surface area contributed by atoms with Crippen LogP contribution < -0.4 is 0 Å². The third-order valence-electron chi connectivity index (χ3n) is 2.70. The molecular weight excluding hydrogens is 207 g/mol. The summed E-state index contributed by atoms with van der Waals surface area (Å²) in [4.78, 5) is 12.1. The second-order valence-electron chi connectivity index (χ2n) is 3.86. The number of hydrogen-bond acceptors (Lipinski definition) is 2. The molecule has 2 nitrogen and oxygen atoms in total. The summed E-state index contributed by atoms with van der Waals surface area (Å²) in [6, 6.07) is 5.71. The van der Waals surface area contributed by atoms with Crippen molar-refractivity contribution in [3.05, 3.63) is 35.6 Å². The molecular formula is C13H17FO2. The molecule has 3 heteroatoms. The fraction of sp³-hybridized carbons (Fsp3) is 0.462. The highest BCUT2D eigenvalue weighted by Gasteiger charge is 2.32. The lowest BCUT2D eigenvalue weighted by atomic mass is 9.92. The molecule has 0 bridgehead atoms. The first kappa shape index (κ1) is 12.8. The van der Waals surface area contributed by atoms with Gasteiger partial charge in [0.1, 0.15) is 11.4 Å². The van der Waals surface area contributed by atoms with E-state index in [9.17, 15) is 9.18 Å². The highest BCUT2D eigenvalue weighted by atomic mass is 19.1. The van der Waals surface area contributed by atoms with Gasteiger partial charge in [-0.15, -0.1) is 0 Å². The molecule has 1 aromatic carbocycles. The molecule has 0 aromatic heterocycles. The molecule has 0 N–H and O–H groups in total. The lowest BCUT2D eigenvalue weighted by Crippen LogP contribution is -2.38. The molecule has 0 heterocycles. The molecule has 1 rings (SSSR count). The van der Waals surface area contributed by atoms with Crippen molar-refractivity contribution in [3.8, 4) is 0 Å². The average Bonchev–Trinajstić information content (AvgIpc) is 2.28. The number of ether oxygens (including phenoxy) is 1. The van der Waals surface area contributed by atoms with E-state index in [1.807, 2.05) is 13.8 Å². The van der Waals surface area contributed by atoms with E-state index >= 15 is 0 Å².